The van der Waals surface area contributed by atoms with Crippen LogP contribution in [0.1, 0.15) is 10.4 Å². The second-order valence-electron chi connectivity index (χ2n) is 3.93. The number of thiocarbonyl (C=S) groups is 1. The van der Waals surface area contributed by atoms with Crippen LogP contribution in [-0.4, -0.2) is 11.0 Å². The Morgan fingerprint density at radius 2 is 1.85 bits per heavy atom. The molecule has 0 heterocycles. The highest BCUT2D eigenvalue weighted by atomic mass is 79.9. The molecule has 0 spiro atoms. The molecule has 0 aliphatic carbocycles. The van der Waals surface area contributed by atoms with Gasteiger partial charge in [-0.25, -0.2) is 4.39 Å². The molecule has 2 aromatic carbocycles. The molecule has 1 amide bonds. The van der Waals surface area contributed by atoms with Gasteiger partial charge in [-0.05, 0) is 54.7 Å². The van der Waals surface area contributed by atoms with Crippen LogP contribution in [0.3, 0.4) is 0 Å². The first-order valence-electron chi connectivity index (χ1n) is 5.68. The van der Waals surface area contributed by atoms with Crippen LogP contribution in [0.5, 0.6) is 0 Å². The van der Waals surface area contributed by atoms with Gasteiger partial charge in [-0.3, -0.25) is 10.1 Å². The van der Waals surface area contributed by atoms with Crippen molar-refractivity contribution in [3.63, 3.8) is 0 Å². The average Bonchev–Trinajstić information content (AvgIpc) is 2.41. The molecule has 0 saturated heterocycles. The van der Waals surface area contributed by atoms with Gasteiger partial charge in [-0.2, -0.15) is 0 Å². The Labute approximate surface area is 129 Å². The molecule has 2 aromatic rings. The van der Waals surface area contributed by atoms with Gasteiger partial charge in [0.1, 0.15) is 5.82 Å². The third kappa shape index (κ3) is 4.11. The van der Waals surface area contributed by atoms with E-state index in [9.17, 15) is 9.18 Å². The molecule has 3 nitrogen and oxygen atoms in total. The number of benzene rings is 2. The third-order valence-electron chi connectivity index (χ3n) is 2.42. The van der Waals surface area contributed by atoms with Crippen molar-refractivity contribution >= 4 is 44.9 Å². The van der Waals surface area contributed by atoms with Gasteiger partial charge < -0.3 is 5.32 Å². The SMILES string of the molecule is O=C(NC(=S)Nc1ccc(F)cc1)c1cccc(Br)c1. The van der Waals surface area contributed by atoms with E-state index in [1.807, 2.05) is 6.07 Å². The van der Waals surface area contributed by atoms with Crippen molar-refractivity contribution in [1.29, 1.82) is 0 Å². The standard InChI is InChI=1S/C14H10BrFN2OS/c15-10-3-1-2-9(8-10)13(19)18-14(20)17-12-6-4-11(16)5-7-12/h1-8H,(H2,17,18,19,20). The summed E-state index contributed by atoms with van der Waals surface area (Å²) >= 11 is 8.32. The van der Waals surface area contributed by atoms with E-state index in [4.69, 9.17) is 12.2 Å². The number of carbonyl (C=O) groups is 1. The van der Waals surface area contributed by atoms with Gasteiger partial charge in [0.05, 0.1) is 0 Å². The lowest BCUT2D eigenvalue weighted by Crippen LogP contribution is -2.34. The van der Waals surface area contributed by atoms with E-state index in [1.54, 1.807) is 18.2 Å². The van der Waals surface area contributed by atoms with Crippen molar-refractivity contribution in [2.24, 2.45) is 0 Å². The predicted octanol–water partition coefficient (Wildman–Crippen LogP) is 3.72. The van der Waals surface area contributed by atoms with Crippen molar-refractivity contribution in [3.05, 3.63) is 64.4 Å². The van der Waals surface area contributed by atoms with Crippen molar-refractivity contribution in [3.8, 4) is 0 Å². The van der Waals surface area contributed by atoms with E-state index in [0.29, 0.717) is 11.3 Å². The van der Waals surface area contributed by atoms with E-state index in [-0.39, 0.29) is 16.8 Å². The summed E-state index contributed by atoms with van der Waals surface area (Å²) in [6.45, 7) is 0. The summed E-state index contributed by atoms with van der Waals surface area (Å²) in [6, 6.07) is 12.6. The van der Waals surface area contributed by atoms with Crippen LogP contribution in [0.25, 0.3) is 0 Å². The second-order valence-corrected chi connectivity index (χ2v) is 5.25. The average molecular weight is 353 g/mol. The maximum Gasteiger partial charge on any atom is 0.257 e. The van der Waals surface area contributed by atoms with Gasteiger partial charge >= 0.3 is 0 Å². The van der Waals surface area contributed by atoms with Crippen LogP contribution in [0.15, 0.2) is 53.0 Å². The molecule has 102 valence electrons. The molecule has 2 N–H and O–H groups in total. The molecule has 6 heteroatoms. The first-order valence-corrected chi connectivity index (χ1v) is 6.88. The number of rotatable bonds is 2. The number of nitrogens with one attached hydrogen (secondary N) is 2. The van der Waals surface area contributed by atoms with Crippen LogP contribution in [0, 0.1) is 5.82 Å². The summed E-state index contributed by atoms with van der Waals surface area (Å²) < 4.78 is 13.6. The molecular weight excluding hydrogens is 343 g/mol. The Morgan fingerprint density at radius 1 is 1.15 bits per heavy atom. The topological polar surface area (TPSA) is 41.1 Å². The highest BCUT2D eigenvalue weighted by Crippen LogP contribution is 2.12. The minimum atomic E-state index is -0.334. The molecule has 0 saturated carbocycles. The minimum Gasteiger partial charge on any atom is -0.332 e. The Kier molecular flexibility index (Phi) is 4.81. The van der Waals surface area contributed by atoms with Crippen LogP contribution in [-0.2, 0) is 0 Å². The molecule has 0 radical (unpaired) electrons. The maximum atomic E-state index is 12.8. The van der Waals surface area contributed by atoms with E-state index >= 15 is 0 Å². The van der Waals surface area contributed by atoms with Crippen molar-refractivity contribution in [1.82, 2.24) is 5.32 Å². The Morgan fingerprint density at radius 3 is 2.50 bits per heavy atom. The molecule has 0 aromatic heterocycles. The summed E-state index contributed by atoms with van der Waals surface area (Å²) in [6.07, 6.45) is 0. The lowest BCUT2D eigenvalue weighted by atomic mass is 10.2. The van der Waals surface area contributed by atoms with Gasteiger partial charge in [-0.1, -0.05) is 22.0 Å². The van der Waals surface area contributed by atoms with Gasteiger partial charge in [0.15, 0.2) is 5.11 Å². The lowest BCUT2D eigenvalue weighted by Gasteiger charge is -2.09. The van der Waals surface area contributed by atoms with Gasteiger partial charge in [-0.15, -0.1) is 0 Å². The molecule has 0 aliphatic heterocycles. The number of hydrogen-bond donors (Lipinski definition) is 2. The molecule has 0 fully saturated rings. The quantitative estimate of drug-likeness (QED) is 0.809. The lowest BCUT2D eigenvalue weighted by molar-refractivity contribution is 0.0977. The molecule has 0 aliphatic rings. The maximum absolute atomic E-state index is 12.8. The molecular formula is C14H10BrFN2OS. The van der Waals surface area contributed by atoms with E-state index in [1.165, 1.54) is 24.3 Å². The first kappa shape index (κ1) is 14.6. The zero-order valence-electron chi connectivity index (χ0n) is 10.2. The molecule has 2 rings (SSSR count). The van der Waals surface area contributed by atoms with Crippen molar-refractivity contribution < 1.29 is 9.18 Å². The summed E-state index contributed by atoms with van der Waals surface area (Å²) in [5, 5.41) is 5.51. The zero-order valence-corrected chi connectivity index (χ0v) is 12.6. The summed E-state index contributed by atoms with van der Waals surface area (Å²) in [4.78, 5) is 11.9. The number of hydrogen-bond acceptors (Lipinski definition) is 2. The van der Waals surface area contributed by atoms with Gasteiger partial charge in [0.2, 0.25) is 0 Å². The largest absolute Gasteiger partial charge is 0.332 e. The van der Waals surface area contributed by atoms with E-state index in [0.717, 1.165) is 4.47 Å². The Bertz CT molecular complexity index is 646. The number of anilines is 1. The fourth-order valence-corrected chi connectivity index (χ4v) is 2.11. The predicted molar refractivity (Wildman–Crippen MR) is 84.2 cm³/mol. The summed E-state index contributed by atoms with van der Waals surface area (Å²) in [7, 11) is 0. The fourth-order valence-electron chi connectivity index (χ4n) is 1.50. The van der Waals surface area contributed by atoms with Crippen LogP contribution in [0.4, 0.5) is 10.1 Å². The van der Waals surface area contributed by atoms with Crippen LogP contribution < -0.4 is 10.6 Å². The van der Waals surface area contributed by atoms with E-state index < -0.39 is 0 Å². The number of carbonyl (C=O) groups excluding carboxylic acids is 1. The van der Waals surface area contributed by atoms with Crippen LogP contribution >= 0.6 is 28.1 Å². The third-order valence-corrected chi connectivity index (χ3v) is 3.11. The van der Waals surface area contributed by atoms with Gasteiger partial charge in [0.25, 0.3) is 5.91 Å². The molecule has 20 heavy (non-hydrogen) atoms. The highest BCUT2D eigenvalue weighted by Gasteiger charge is 2.08. The van der Waals surface area contributed by atoms with E-state index in [2.05, 4.69) is 26.6 Å². The van der Waals surface area contributed by atoms with Crippen molar-refractivity contribution in [2.45, 2.75) is 0 Å². The smallest absolute Gasteiger partial charge is 0.257 e. The fraction of sp³-hybridized carbons (Fsp3) is 0. The van der Waals surface area contributed by atoms with Crippen molar-refractivity contribution in [2.75, 3.05) is 5.32 Å². The Hall–Kier alpha value is -1.79. The number of amides is 1. The molecule has 0 atom stereocenters. The minimum absolute atomic E-state index is 0.154. The summed E-state index contributed by atoms with van der Waals surface area (Å²) in [5.41, 5.74) is 1.09. The zero-order chi connectivity index (χ0) is 14.5. The molecule has 0 bridgehead atoms. The molecule has 0 unspecified atom stereocenters. The Balaban J connectivity index is 1.97. The highest BCUT2D eigenvalue weighted by molar-refractivity contribution is 9.10. The normalized spacial score (nSPS) is 9.90. The monoisotopic (exact) mass is 352 g/mol. The van der Waals surface area contributed by atoms with Gasteiger partial charge in [0, 0.05) is 15.7 Å². The summed E-state index contributed by atoms with van der Waals surface area (Å²) in [5.74, 6) is -0.648. The first-order chi connectivity index (χ1) is 9.54. The number of halogens is 2. The van der Waals surface area contributed by atoms with Crippen LogP contribution in [0.2, 0.25) is 0 Å². The second kappa shape index (κ2) is 6.58.